The fourth-order valence-corrected chi connectivity index (χ4v) is 7.37. The summed E-state index contributed by atoms with van der Waals surface area (Å²) in [6, 6.07) is 17.2. The molecule has 194 valence electrons. The van der Waals surface area contributed by atoms with Crippen LogP contribution in [0.1, 0.15) is 39.6 Å². The predicted molar refractivity (Wildman–Crippen MR) is 150 cm³/mol. The lowest BCUT2D eigenvalue weighted by Crippen LogP contribution is -2.52. The summed E-state index contributed by atoms with van der Waals surface area (Å²) in [5.41, 5.74) is 3.44. The normalized spacial score (nSPS) is 18.4. The first-order valence-electron chi connectivity index (χ1n) is 12.4. The van der Waals surface area contributed by atoms with Crippen LogP contribution in [-0.2, 0) is 16.3 Å². The highest BCUT2D eigenvalue weighted by Crippen LogP contribution is 2.39. The molecule has 1 atom stereocenters. The number of carbonyl (C=O) groups excluding carboxylic acids is 2. The molecule has 1 saturated heterocycles. The van der Waals surface area contributed by atoms with E-state index in [1.54, 1.807) is 6.07 Å². The van der Waals surface area contributed by atoms with E-state index < -0.39 is 21.8 Å². The number of aryl methyl sites for hydroxylation is 1. The zero-order valence-electron chi connectivity index (χ0n) is 20.7. The number of aromatic nitrogens is 1. The van der Waals surface area contributed by atoms with E-state index in [0.717, 1.165) is 28.6 Å². The topological polar surface area (TPSA) is 108 Å². The van der Waals surface area contributed by atoms with E-state index in [9.17, 15) is 18.0 Å². The highest BCUT2D eigenvalue weighted by Gasteiger charge is 2.35. The molecule has 4 aromatic rings. The van der Waals surface area contributed by atoms with Crippen molar-refractivity contribution < 1.29 is 18.0 Å². The zero-order valence-corrected chi connectivity index (χ0v) is 22.3. The molecule has 2 aliphatic heterocycles. The lowest BCUT2D eigenvalue weighted by molar-refractivity contribution is 0.0940. The third kappa shape index (κ3) is 4.54. The molecule has 4 heterocycles. The monoisotopic (exact) mass is 546 g/mol. The number of para-hydroxylation sites is 1. The minimum absolute atomic E-state index is 0.0683. The summed E-state index contributed by atoms with van der Waals surface area (Å²) < 4.78 is 24.1. The predicted octanol–water partition coefficient (Wildman–Crippen LogP) is 4.55. The van der Waals surface area contributed by atoms with E-state index in [1.165, 1.54) is 23.1 Å². The average molecular weight is 547 g/mol. The Morgan fingerprint density at radius 3 is 2.63 bits per heavy atom. The number of amides is 2. The maximum absolute atomic E-state index is 13.5. The van der Waals surface area contributed by atoms with Gasteiger partial charge in [0.25, 0.3) is 11.8 Å². The summed E-state index contributed by atoms with van der Waals surface area (Å²) in [6.45, 7) is 2.12. The Morgan fingerprint density at radius 1 is 1.05 bits per heavy atom. The number of hydrogen-bond acceptors (Lipinski definition) is 7. The van der Waals surface area contributed by atoms with E-state index >= 15 is 0 Å². The summed E-state index contributed by atoms with van der Waals surface area (Å²) in [5.74, 6) is -0.290. The van der Waals surface area contributed by atoms with Gasteiger partial charge in [0, 0.05) is 33.4 Å². The molecule has 2 aromatic heterocycles. The number of sulfone groups is 1. The molecular weight excluding hydrogens is 520 g/mol. The molecule has 1 unspecified atom stereocenters. The zero-order chi connectivity index (χ0) is 26.4. The third-order valence-corrected chi connectivity index (χ3v) is 9.88. The van der Waals surface area contributed by atoms with E-state index in [4.69, 9.17) is 0 Å². The van der Waals surface area contributed by atoms with Crippen molar-refractivity contribution in [2.24, 2.45) is 0 Å². The molecule has 8 nitrogen and oxygen atoms in total. The van der Waals surface area contributed by atoms with E-state index in [1.807, 2.05) is 47.8 Å². The summed E-state index contributed by atoms with van der Waals surface area (Å²) >= 11 is 1.50. The Labute approximate surface area is 224 Å². The molecule has 0 saturated carbocycles. The maximum Gasteiger partial charge on any atom is 0.257 e. The molecular formula is C28H26N4O4S2. The van der Waals surface area contributed by atoms with Gasteiger partial charge in [-0.1, -0.05) is 36.4 Å². The highest BCUT2D eigenvalue weighted by atomic mass is 32.2. The van der Waals surface area contributed by atoms with Gasteiger partial charge in [-0.3, -0.25) is 9.59 Å². The van der Waals surface area contributed by atoms with Crippen LogP contribution in [0.15, 0.2) is 66.2 Å². The highest BCUT2D eigenvalue weighted by molar-refractivity contribution is 7.92. The van der Waals surface area contributed by atoms with E-state index in [-0.39, 0.29) is 29.0 Å². The van der Waals surface area contributed by atoms with Crippen LogP contribution in [0.25, 0.3) is 10.1 Å². The first-order valence-corrected chi connectivity index (χ1v) is 15.2. The smallest absolute Gasteiger partial charge is 0.257 e. The van der Waals surface area contributed by atoms with Gasteiger partial charge >= 0.3 is 0 Å². The summed E-state index contributed by atoms with van der Waals surface area (Å²) in [6.07, 6.45) is 3.35. The molecule has 10 heteroatoms. The molecule has 1 fully saturated rings. The van der Waals surface area contributed by atoms with Gasteiger partial charge in [0.05, 0.1) is 34.4 Å². The van der Waals surface area contributed by atoms with Crippen LogP contribution in [0.4, 0.5) is 17.2 Å². The minimum Gasteiger partial charge on any atom is -0.347 e. The van der Waals surface area contributed by atoms with Crippen molar-refractivity contribution in [1.29, 1.82) is 0 Å². The Hall–Kier alpha value is -3.76. The first kappa shape index (κ1) is 24.6. The third-order valence-electron chi connectivity index (χ3n) is 7.10. The van der Waals surface area contributed by atoms with Crippen molar-refractivity contribution in [3.8, 4) is 0 Å². The number of benzene rings is 2. The van der Waals surface area contributed by atoms with Gasteiger partial charge in [-0.25, -0.2) is 13.4 Å². The number of nitrogens with one attached hydrogen (secondary N) is 2. The molecule has 2 amide bonds. The number of pyridine rings is 1. The number of rotatable bonds is 5. The van der Waals surface area contributed by atoms with Crippen molar-refractivity contribution >= 4 is 60.3 Å². The lowest BCUT2D eigenvalue weighted by atomic mass is 9.96. The standard InChI is InChI=1S/C28H26N4O4S2/c1-17-10-11-18-6-2-4-8-24(18)32(17)26-23(31-28(34)22-14-37-25-9-5-3-7-21(22)25)12-19(13-29-26)27(33)30-20-15-38(35,36)16-20/h2-9,12-14,17,20H,10-11,15-16H2,1H3,(H,30,33)(H,31,34). The number of hydrogen-bond donors (Lipinski definition) is 2. The second kappa shape index (κ2) is 9.52. The van der Waals surface area contributed by atoms with Crippen molar-refractivity contribution in [3.05, 3.63) is 82.9 Å². The summed E-state index contributed by atoms with van der Waals surface area (Å²) in [7, 11) is -3.07. The van der Waals surface area contributed by atoms with Crippen LogP contribution >= 0.6 is 11.3 Å². The van der Waals surface area contributed by atoms with Crippen LogP contribution in [0, 0.1) is 0 Å². The van der Waals surface area contributed by atoms with Crippen LogP contribution < -0.4 is 15.5 Å². The number of anilines is 3. The summed E-state index contributed by atoms with van der Waals surface area (Å²) in [5, 5.41) is 8.49. The van der Waals surface area contributed by atoms with Gasteiger partial charge in [0.2, 0.25) is 0 Å². The molecule has 2 aromatic carbocycles. The van der Waals surface area contributed by atoms with Gasteiger partial charge in [0.15, 0.2) is 15.7 Å². The van der Waals surface area contributed by atoms with Crippen LogP contribution in [0.3, 0.4) is 0 Å². The van der Waals surface area contributed by atoms with Crippen LogP contribution in [-0.4, -0.2) is 48.8 Å². The Balaban J connectivity index is 1.38. The van der Waals surface area contributed by atoms with Gasteiger partial charge in [-0.2, -0.15) is 0 Å². The van der Waals surface area contributed by atoms with Gasteiger partial charge in [0.1, 0.15) is 0 Å². The SMILES string of the molecule is CC1CCc2ccccc2N1c1ncc(C(=O)NC2CS(=O)(=O)C2)cc1NC(=O)c1csc2ccccc12. The average Bonchev–Trinajstić information content (AvgIpc) is 3.32. The second-order valence-corrected chi connectivity index (χ2v) is 12.9. The molecule has 0 spiro atoms. The largest absolute Gasteiger partial charge is 0.347 e. The molecule has 0 aliphatic carbocycles. The number of nitrogens with zero attached hydrogens (tertiary/aromatic N) is 2. The lowest BCUT2D eigenvalue weighted by Gasteiger charge is -2.37. The fourth-order valence-electron chi connectivity index (χ4n) is 5.14. The Kier molecular flexibility index (Phi) is 6.16. The van der Waals surface area contributed by atoms with Gasteiger partial charge in [-0.15, -0.1) is 11.3 Å². The van der Waals surface area contributed by atoms with Gasteiger partial charge in [-0.05, 0) is 43.5 Å². The minimum atomic E-state index is -3.07. The molecule has 38 heavy (non-hydrogen) atoms. The second-order valence-electron chi connectivity index (χ2n) is 9.83. The quantitative estimate of drug-likeness (QED) is 0.380. The van der Waals surface area contributed by atoms with Gasteiger partial charge < -0.3 is 15.5 Å². The molecule has 6 rings (SSSR count). The number of thiophene rings is 1. The molecule has 2 aliphatic rings. The van der Waals surface area contributed by atoms with E-state index in [2.05, 4.69) is 33.5 Å². The number of fused-ring (bicyclic) bond motifs is 2. The summed E-state index contributed by atoms with van der Waals surface area (Å²) in [4.78, 5) is 33.3. The van der Waals surface area contributed by atoms with E-state index in [0.29, 0.717) is 17.1 Å². The maximum atomic E-state index is 13.5. The molecule has 0 bridgehead atoms. The Morgan fingerprint density at radius 2 is 1.82 bits per heavy atom. The Bertz CT molecular complexity index is 1670. The number of carbonyl (C=O) groups is 2. The fraction of sp³-hybridized carbons (Fsp3) is 0.250. The van der Waals surface area contributed by atoms with Crippen LogP contribution in [0.5, 0.6) is 0 Å². The molecule has 0 radical (unpaired) electrons. The van der Waals surface area contributed by atoms with Crippen molar-refractivity contribution in [3.63, 3.8) is 0 Å². The van der Waals surface area contributed by atoms with Crippen LogP contribution in [0.2, 0.25) is 0 Å². The van der Waals surface area contributed by atoms with Crippen molar-refractivity contribution in [2.45, 2.75) is 31.8 Å². The first-order chi connectivity index (χ1) is 18.3. The van der Waals surface area contributed by atoms with Crippen molar-refractivity contribution in [1.82, 2.24) is 10.3 Å². The van der Waals surface area contributed by atoms with Crippen molar-refractivity contribution in [2.75, 3.05) is 21.7 Å². The molecule has 2 N–H and O–H groups in total.